The van der Waals surface area contributed by atoms with Gasteiger partial charge in [0.2, 0.25) is 0 Å². The predicted molar refractivity (Wildman–Crippen MR) is 524 cm³/mol. The summed E-state index contributed by atoms with van der Waals surface area (Å²) in [5.74, 6) is 0. The molecular weight excluding hydrogens is 1680 g/mol. The molecular formula is C100H97N33O. The van der Waals surface area contributed by atoms with E-state index in [2.05, 4.69) is 240 Å². The van der Waals surface area contributed by atoms with Crippen LogP contribution in [0.5, 0.6) is 0 Å². The van der Waals surface area contributed by atoms with Crippen LogP contribution < -0.4 is 4.73 Å². The lowest BCUT2D eigenvalue weighted by Crippen LogP contribution is -2.22. The molecule has 0 radical (unpaired) electrons. The number of nitrogens with one attached hydrogen (secondary N) is 7. The summed E-state index contributed by atoms with van der Waals surface area (Å²) in [6.07, 6.45) is 76.1. The van der Waals surface area contributed by atoms with Crippen molar-refractivity contribution >= 4 is 88.0 Å². The van der Waals surface area contributed by atoms with E-state index in [4.69, 9.17) is 0 Å². The zero-order chi connectivity index (χ0) is 92.8. The fourth-order valence-corrected chi connectivity index (χ4v) is 10.3. The summed E-state index contributed by atoms with van der Waals surface area (Å²) in [5, 5.41) is 53.3. The molecule has 1 aliphatic heterocycles. The minimum Gasteiger partial charge on any atom is -0.619 e. The second-order valence-corrected chi connectivity index (χ2v) is 26.0. The lowest BCUT2D eigenvalue weighted by atomic mass is 10.2. The highest BCUT2D eigenvalue weighted by atomic mass is 16.5. The van der Waals surface area contributed by atoms with Crippen LogP contribution in [0.4, 0.5) is 0 Å². The Morgan fingerprint density at radius 1 is 0.284 bits per heavy atom. The summed E-state index contributed by atoms with van der Waals surface area (Å²) in [5.41, 5.74) is 12.0. The Bertz CT molecular complexity index is 5510. The second-order valence-electron chi connectivity index (χ2n) is 26.0. The molecule has 0 fully saturated rings. The quantitative estimate of drug-likeness (QED) is 0.0421. The summed E-state index contributed by atoms with van der Waals surface area (Å²) in [4.78, 5) is 76.1. The van der Waals surface area contributed by atoms with Gasteiger partial charge in [-0.25, -0.2) is 54.8 Å². The third kappa shape index (κ3) is 43.7. The summed E-state index contributed by atoms with van der Waals surface area (Å²) in [7, 11) is 0. The van der Waals surface area contributed by atoms with Gasteiger partial charge in [0.25, 0.3) is 0 Å². The van der Waals surface area contributed by atoms with Crippen molar-refractivity contribution < 1.29 is 4.73 Å². The summed E-state index contributed by atoms with van der Waals surface area (Å²) < 4.78 is 0.750. The van der Waals surface area contributed by atoms with Crippen molar-refractivity contribution in [3.05, 3.63) is 484 Å². The van der Waals surface area contributed by atoms with Crippen molar-refractivity contribution in [1.82, 2.24) is 151 Å². The van der Waals surface area contributed by atoms with Gasteiger partial charge in [0.1, 0.15) is 48.3 Å². The molecule has 0 unspecified atom stereocenters. The average molecular weight is 1780 g/mol. The molecule has 0 saturated carbocycles. The topological polar surface area (TPSA) is 459 Å². The van der Waals surface area contributed by atoms with Gasteiger partial charge in [-0.1, -0.05) is 152 Å². The number of benzene rings is 5. The number of azo groups is 1. The molecule has 0 saturated heterocycles. The van der Waals surface area contributed by atoms with Crippen molar-refractivity contribution in [2.24, 2.45) is 10.2 Å². The lowest BCUT2D eigenvalue weighted by Gasteiger charge is -1.91. The van der Waals surface area contributed by atoms with E-state index < -0.39 is 0 Å². The first-order valence-corrected chi connectivity index (χ1v) is 41.7. The number of para-hydroxylation sites is 7. The predicted octanol–water partition coefficient (Wildman–Crippen LogP) is 19.7. The number of fused-ring (bicyclic) bond motifs is 8. The van der Waals surface area contributed by atoms with Gasteiger partial charge in [-0.3, -0.25) is 30.0 Å². The zero-order valence-corrected chi connectivity index (χ0v) is 72.8. The van der Waals surface area contributed by atoms with Gasteiger partial charge in [0.05, 0.1) is 82.7 Å². The fourth-order valence-electron chi connectivity index (χ4n) is 10.3. The maximum absolute atomic E-state index is 10.2. The smallest absolute Gasteiger partial charge is 0.180 e. The Morgan fingerprint density at radius 2 is 0.791 bits per heavy atom. The highest BCUT2D eigenvalue weighted by Gasteiger charge is 1.96. The van der Waals surface area contributed by atoms with E-state index in [-0.39, 0.29) is 0 Å². The van der Waals surface area contributed by atoms with Crippen LogP contribution in [-0.2, 0) is 0 Å². The molecule has 34 nitrogen and oxygen atoms in total. The van der Waals surface area contributed by atoms with E-state index in [9.17, 15) is 5.21 Å². The number of imidazole rings is 3. The molecule has 23 aromatic rings. The molecule has 0 atom stereocenters. The van der Waals surface area contributed by atoms with Gasteiger partial charge < -0.3 is 30.1 Å². The Kier molecular flexibility index (Phi) is 49.0. The van der Waals surface area contributed by atoms with Gasteiger partial charge in [0, 0.05) is 145 Å². The number of hydrogen-bond acceptors (Lipinski definition) is 26. The van der Waals surface area contributed by atoms with Crippen LogP contribution in [0, 0.1) is 5.21 Å². The van der Waals surface area contributed by atoms with Gasteiger partial charge in [-0.2, -0.15) is 50.8 Å². The number of allylic oxidation sites excluding steroid dienone is 8. The molecule has 7 N–H and O–H groups in total. The third-order valence-electron chi connectivity index (χ3n) is 16.5. The number of nitrogens with zero attached hydrogens (tertiary/aromatic N) is 26. The Labute approximate surface area is 771 Å². The lowest BCUT2D eigenvalue weighted by molar-refractivity contribution is -0.605. The van der Waals surface area contributed by atoms with Crippen LogP contribution in [0.15, 0.2) is 489 Å². The standard InChI is InChI=1S/C9H7N.C8H7N.3C7H6N2.3C6H5N3.2C6H8.C5H5NO.C5H5N.2C4H4N2.C4H6N2.C4H4N2.2C3H3N3/c1-2-6-9-8(4-1)5-3-7-10-9;1-2-4-8-7(3-1)5-6-9-8;1-2-6-3-5-9-7(6)8-4-1;1-2-4-7-6(3-1)8-5-9-7;1-2-4-7-6(3-1)5-8-9-7;1-2-7-3-6-5(1)8-4-9-6;1-2-5-6(7-3-1)9-4-8-5;1-2-4-6-5(3-1)7-9-8-6;2*1-2-4-6-5-3-1;7-6-4-2-1-3-5-6;1-2-4-6-5-3-1;1-2-6-4-3-5-1;1-2-5-4-6-3-1;2*1-2-4-6-5-3-1;1-4-2-6-3-5-1;1-2-5-6-3-4-1/h1-7H;1-6,9H;3*1-5H,(H,8,9);1-4H,(H,8,9);2*1-4H,(H,7,8,9);1-2,5-6H,3-4H2;1-4H,5-6H2;1-5H;1-5H;2*1-4H;1,3H,2,4H2;1-4H;2*1-3H. The zero-order valence-electron chi connectivity index (χ0n) is 72.8. The number of aromatic nitrogens is 31. The molecule has 0 spiro atoms. The van der Waals surface area contributed by atoms with Crippen LogP contribution in [0.3, 0.4) is 0 Å². The van der Waals surface area contributed by atoms with E-state index in [1.807, 2.05) is 207 Å². The van der Waals surface area contributed by atoms with Crippen LogP contribution in [-0.4, -0.2) is 157 Å². The van der Waals surface area contributed by atoms with E-state index >= 15 is 0 Å². The molecule has 18 aromatic heterocycles. The van der Waals surface area contributed by atoms with Crippen molar-refractivity contribution in [3.8, 4) is 0 Å². The van der Waals surface area contributed by atoms with E-state index in [1.165, 1.54) is 79.4 Å². The maximum Gasteiger partial charge on any atom is 0.180 e. The maximum atomic E-state index is 10.2. The van der Waals surface area contributed by atoms with Gasteiger partial charge in [-0.15, -0.1) is 5.10 Å². The highest BCUT2D eigenvalue weighted by Crippen LogP contribution is 2.13. The number of hydrogen-bond donors (Lipinski definition) is 7. The highest BCUT2D eigenvalue weighted by molar-refractivity contribution is 5.80. The van der Waals surface area contributed by atoms with Crippen LogP contribution >= 0.6 is 0 Å². The summed E-state index contributed by atoms with van der Waals surface area (Å²) in [6.45, 7) is 0.872. The van der Waals surface area contributed by atoms with Gasteiger partial charge in [-0.05, 0) is 159 Å². The second kappa shape index (κ2) is 66.4. The fraction of sp³-hybridized carbons (Fsp3) is 0.0600. The number of pyridine rings is 6. The van der Waals surface area contributed by atoms with E-state index in [0.717, 1.165) is 102 Å². The number of rotatable bonds is 0. The monoisotopic (exact) mass is 1780 g/mol. The van der Waals surface area contributed by atoms with Crippen LogP contribution in [0.2, 0.25) is 0 Å². The molecule has 0 bridgehead atoms. The van der Waals surface area contributed by atoms with Gasteiger partial charge >= 0.3 is 0 Å². The van der Waals surface area contributed by atoms with E-state index in [0.29, 0.717) is 0 Å². The minimum atomic E-state index is 0.750. The van der Waals surface area contributed by atoms with Crippen molar-refractivity contribution in [2.75, 3.05) is 6.54 Å². The SMILES string of the molecule is C1=CCC=CC1.C1=CCCC=C1.C1=CN=NCC1.[O-][n+]1ccccc1.c1cc2nc[nH]c2cn1.c1ccc2[nH]ccc2c1.c1ccc2[nH]cnc2c1.c1ccc2[nH]ncc2c1.c1ccc2n[nH]nc2c1.c1ccc2ncccc2c1.c1ccncc1.c1ccnnc1.c1cnc2[nH]ccc2c1.c1cnc2nc[nH]c2c1.c1cnccn1.c1cncnc1.c1cnncn1.c1ncncn1. The molecule has 34 heteroatoms. The Morgan fingerprint density at radius 3 is 1.27 bits per heavy atom. The molecule has 5 aromatic carbocycles. The summed E-state index contributed by atoms with van der Waals surface area (Å²) >= 11 is 0. The Balaban J connectivity index is 0.000000160. The van der Waals surface area contributed by atoms with Gasteiger partial charge in [0.15, 0.2) is 18.0 Å². The molecule has 2 aliphatic carbocycles. The van der Waals surface area contributed by atoms with Crippen LogP contribution in [0.25, 0.3) is 88.0 Å². The third-order valence-corrected chi connectivity index (χ3v) is 16.5. The first-order chi connectivity index (χ1) is 66.6. The van der Waals surface area contributed by atoms with Crippen LogP contribution in [0.1, 0.15) is 32.1 Å². The normalized spacial score (nSPS) is 10.7. The molecule has 3 aliphatic rings. The number of H-pyrrole nitrogens is 7. The first-order valence-electron chi connectivity index (χ1n) is 41.7. The average Bonchev–Trinajstić information content (AvgIpc) is 1.48. The van der Waals surface area contributed by atoms with Crippen molar-refractivity contribution in [3.63, 3.8) is 0 Å². The number of aromatic amines is 7. The molecule has 0 amide bonds. The molecule has 19 heterocycles. The largest absolute Gasteiger partial charge is 0.619 e. The van der Waals surface area contributed by atoms with E-state index in [1.54, 1.807) is 142 Å². The molecule has 26 rings (SSSR count). The van der Waals surface area contributed by atoms with Crippen molar-refractivity contribution in [1.29, 1.82) is 0 Å². The van der Waals surface area contributed by atoms with Crippen molar-refractivity contribution in [2.45, 2.75) is 32.1 Å². The first kappa shape index (κ1) is 98.8. The summed E-state index contributed by atoms with van der Waals surface area (Å²) in [6, 6.07) is 74.0. The minimum absolute atomic E-state index is 0.750. The molecule has 134 heavy (non-hydrogen) atoms. The Hall–Kier alpha value is -19.0. The molecule has 668 valence electrons.